The fourth-order valence-electron chi connectivity index (χ4n) is 2.93. The van der Waals surface area contributed by atoms with Gasteiger partial charge in [0, 0.05) is 30.1 Å². The Hall–Kier alpha value is -3.81. The summed E-state index contributed by atoms with van der Waals surface area (Å²) in [6.45, 7) is 0.498. The smallest absolute Gasteiger partial charge is 0.238 e. The van der Waals surface area contributed by atoms with E-state index in [1.165, 1.54) is 0 Å². The molecule has 1 aliphatic rings. The average molecular weight is 377 g/mol. The van der Waals surface area contributed by atoms with Gasteiger partial charge in [-0.2, -0.15) is 4.98 Å². The first-order valence-corrected chi connectivity index (χ1v) is 8.63. The Morgan fingerprint density at radius 3 is 2.86 bits per heavy atom. The van der Waals surface area contributed by atoms with Crippen molar-refractivity contribution in [2.75, 3.05) is 19.5 Å². The molecule has 0 unspecified atom stereocenters. The van der Waals surface area contributed by atoms with Gasteiger partial charge in [0.15, 0.2) is 17.3 Å². The Morgan fingerprint density at radius 1 is 1.18 bits per heavy atom. The first kappa shape index (κ1) is 17.6. The van der Waals surface area contributed by atoms with Gasteiger partial charge < -0.3 is 24.9 Å². The number of aromatic hydroxyl groups is 1. The first-order chi connectivity index (χ1) is 13.7. The molecule has 8 heteroatoms. The quantitative estimate of drug-likeness (QED) is 0.608. The zero-order chi connectivity index (χ0) is 19.5. The van der Waals surface area contributed by atoms with Crippen LogP contribution < -0.4 is 14.8 Å². The molecule has 0 bridgehead atoms. The molecule has 0 amide bonds. The molecule has 4 rings (SSSR count). The van der Waals surface area contributed by atoms with Crippen molar-refractivity contribution in [3.8, 4) is 17.4 Å². The molecule has 0 atom stereocenters. The molecule has 2 aromatic heterocycles. The molecular formula is C20H19N5O3. The van der Waals surface area contributed by atoms with E-state index in [1.54, 1.807) is 32.7 Å². The van der Waals surface area contributed by atoms with Crippen LogP contribution in [-0.2, 0) is 6.54 Å². The Kier molecular flexibility index (Phi) is 4.67. The van der Waals surface area contributed by atoms with E-state index in [4.69, 9.17) is 9.47 Å². The van der Waals surface area contributed by atoms with E-state index < -0.39 is 0 Å². The third kappa shape index (κ3) is 3.39. The largest absolute Gasteiger partial charge is 0.493 e. The molecule has 3 N–H and O–H groups in total. The van der Waals surface area contributed by atoms with Gasteiger partial charge in [-0.25, -0.2) is 9.98 Å². The number of aromatic nitrogens is 3. The van der Waals surface area contributed by atoms with Gasteiger partial charge in [-0.3, -0.25) is 0 Å². The number of imidazole rings is 1. The number of aromatic amines is 1. The van der Waals surface area contributed by atoms with Crippen LogP contribution in [0.25, 0.3) is 11.6 Å². The maximum atomic E-state index is 10.2. The molecule has 0 saturated carbocycles. The zero-order valence-electron chi connectivity index (χ0n) is 15.4. The lowest BCUT2D eigenvalue weighted by Gasteiger charge is -2.09. The fourth-order valence-corrected chi connectivity index (χ4v) is 2.93. The van der Waals surface area contributed by atoms with Crippen LogP contribution in [0.15, 0.2) is 41.5 Å². The molecule has 3 heterocycles. The highest BCUT2D eigenvalue weighted by molar-refractivity contribution is 6.20. The average Bonchev–Trinajstić information content (AvgIpc) is 3.30. The number of hydrogen-bond donors (Lipinski definition) is 3. The lowest BCUT2D eigenvalue weighted by molar-refractivity contribution is 0.354. The second kappa shape index (κ2) is 7.43. The topological polar surface area (TPSA) is 105 Å². The van der Waals surface area contributed by atoms with E-state index in [2.05, 4.69) is 25.3 Å². The van der Waals surface area contributed by atoms with E-state index in [0.717, 1.165) is 16.7 Å². The number of allylic oxidation sites excluding steroid dienone is 1. The van der Waals surface area contributed by atoms with E-state index in [9.17, 15) is 5.11 Å². The highest BCUT2D eigenvalue weighted by Gasteiger charge is 2.15. The van der Waals surface area contributed by atoms with Crippen molar-refractivity contribution >= 4 is 29.6 Å². The van der Waals surface area contributed by atoms with Crippen molar-refractivity contribution in [1.82, 2.24) is 15.0 Å². The number of methoxy groups -OCH3 is 2. The van der Waals surface area contributed by atoms with Crippen molar-refractivity contribution < 1.29 is 14.6 Å². The van der Waals surface area contributed by atoms with Gasteiger partial charge in [-0.15, -0.1) is 0 Å². The van der Waals surface area contributed by atoms with Crippen LogP contribution in [0.2, 0.25) is 0 Å². The first-order valence-electron chi connectivity index (χ1n) is 8.63. The minimum Gasteiger partial charge on any atom is -0.493 e. The van der Waals surface area contributed by atoms with Crippen LogP contribution in [0.4, 0.5) is 11.8 Å². The fraction of sp³-hybridized carbons (Fsp3) is 0.150. The van der Waals surface area contributed by atoms with Crippen molar-refractivity contribution in [2.24, 2.45) is 4.99 Å². The third-order valence-corrected chi connectivity index (χ3v) is 4.34. The number of pyridine rings is 1. The maximum absolute atomic E-state index is 10.2. The molecule has 0 spiro atoms. The third-order valence-electron chi connectivity index (χ3n) is 4.34. The summed E-state index contributed by atoms with van der Waals surface area (Å²) in [6, 6.07) is 9.45. The van der Waals surface area contributed by atoms with Gasteiger partial charge in [0.1, 0.15) is 5.69 Å². The number of ether oxygens (including phenoxy) is 2. The van der Waals surface area contributed by atoms with Crippen LogP contribution in [0.3, 0.4) is 0 Å². The summed E-state index contributed by atoms with van der Waals surface area (Å²) in [7, 11) is 3.19. The lowest BCUT2D eigenvalue weighted by atomic mass is 10.1. The molecule has 8 nitrogen and oxygen atoms in total. The molecule has 1 aliphatic heterocycles. The Morgan fingerprint density at radius 2 is 2.04 bits per heavy atom. The zero-order valence-corrected chi connectivity index (χ0v) is 15.4. The highest BCUT2D eigenvalue weighted by Crippen LogP contribution is 2.32. The SMILES string of the molecule is COc1ccc(CNc2nc(O)c(C=C3C=Nc4ncccc43)[nH]2)cc1OC. The standard InChI is InChI=1S/C20H19N5O3/c1-27-16-6-5-12(8-17(16)28-2)10-23-20-24-15(19(26)25-20)9-13-11-22-18-14(13)4-3-7-21-18/h3-9,11,26H,10H2,1-2H3,(H2,23,24,25). The summed E-state index contributed by atoms with van der Waals surface area (Å²) in [4.78, 5) is 15.7. The van der Waals surface area contributed by atoms with Crippen molar-refractivity contribution in [3.05, 3.63) is 53.3 Å². The van der Waals surface area contributed by atoms with Crippen molar-refractivity contribution in [2.45, 2.75) is 6.54 Å². The number of rotatable bonds is 6. The second-order valence-electron chi connectivity index (χ2n) is 6.10. The Labute approximate surface area is 161 Å². The Balaban J connectivity index is 1.50. The molecule has 0 aliphatic carbocycles. The molecule has 0 radical (unpaired) electrons. The molecule has 0 fully saturated rings. The maximum Gasteiger partial charge on any atom is 0.238 e. The van der Waals surface area contributed by atoms with E-state index >= 15 is 0 Å². The molecule has 142 valence electrons. The highest BCUT2D eigenvalue weighted by atomic mass is 16.5. The predicted octanol–water partition coefficient (Wildman–Crippen LogP) is 3.40. The van der Waals surface area contributed by atoms with Crippen molar-refractivity contribution in [1.29, 1.82) is 0 Å². The predicted molar refractivity (Wildman–Crippen MR) is 107 cm³/mol. The second-order valence-corrected chi connectivity index (χ2v) is 6.10. The van der Waals surface area contributed by atoms with Gasteiger partial charge in [0.2, 0.25) is 11.8 Å². The molecule has 3 aromatic rings. The number of hydrogen-bond acceptors (Lipinski definition) is 7. The number of anilines is 1. The van der Waals surface area contributed by atoms with Crippen LogP contribution in [0, 0.1) is 0 Å². The Bertz CT molecular complexity index is 1070. The molecule has 0 saturated heterocycles. The normalized spacial score (nSPS) is 13.6. The summed E-state index contributed by atoms with van der Waals surface area (Å²) in [5.74, 6) is 2.36. The monoisotopic (exact) mass is 377 g/mol. The number of H-pyrrole nitrogens is 1. The summed E-state index contributed by atoms with van der Waals surface area (Å²) >= 11 is 0. The van der Waals surface area contributed by atoms with E-state index in [0.29, 0.717) is 35.5 Å². The van der Waals surface area contributed by atoms with Crippen LogP contribution in [-0.4, -0.2) is 40.5 Å². The minimum atomic E-state index is -0.0898. The number of benzene rings is 1. The molecule has 1 aromatic carbocycles. The number of nitrogens with zero attached hydrogens (tertiary/aromatic N) is 3. The van der Waals surface area contributed by atoms with Crippen LogP contribution >= 0.6 is 0 Å². The van der Waals surface area contributed by atoms with Gasteiger partial charge >= 0.3 is 0 Å². The molecular weight excluding hydrogens is 358 g/mol. The summed E-state index contributed by atoms with van der Waals surface area (Å²) in [6.07, 6.45) is 5.21. The van der Waals surface area contributed by atoms with Crippen molar-refractivity contribution in [3.63, 3.8) is 0 Å². The van der Waals surface area contributed by atoms with E-state index in [-0.39, 0.29) is 5.88 Å². The number of aliphatic imine (C=N–C) groups is 1. The van der Waals surface area contributed by atoms with Gasteiger partial charge in [-0.05, 0) is 35.9 Å². The summed E-state index contributed by atoms with van der Waals surface area (Å²) in [5, 5.41) is 13.3. The van der Waals surface area contributed by atoms with Gasteiger partial charge in [0.25, 0.3) is 0 Å². The van der Waals surface area contributed by atoms with Gasteiger partial charge in [-0.1, -0.05) is 6.07 Å². The number of fused-ring (bicyclic) bond motifs is 1. The minimum absolute atomic E-state index is 0.0898. The number of nitrogens with one attached hydrogen (secondary N) is 2. The summed E-state index contributed by atoms with van der Waals surface area (Å²) < 4.78 is 10.6. The molecule has 28 heavy (non-hydrogen) atoms. The van der Waals surface area contributed by atoms with Crippen LogP contribution in [0.5, 0.6) is 17.4 Å². The van der Waals surface area contributed by atoms with E-state index in [1.807, 2.05) is 30.3 Å². The van der Waals surface area contributed by atoms with Gasteiger partial charge in [0.05, 0.1) is 14.2 Å². The lowest BCUT2D eigenvalue weighted by Crippen LogP contribution is -2.01. The summed E-state index contributed by atoms with van der Waals surface area (Å²) in [5.41, 5.74) is 3.24. The van der Waals surface area contributed by atoms with Crippen LogP contribution in [0.1, 0.15) is 16.8 Å².